The molecule has 0 saturated heterocycles. The topological polar surface area (TPSA) is 76.1 Å². The molecule has 2 rings (SSSR count). The van der Waals surface area contributed by atoms with Gasteiger partial charge in [-0.05, 0) is 50.5 Å². The normalized spacial score (nSPS) is 11.7. The molecule has 6 nitrogen and oxygen atoms in total. The van der Waals surface area contributed by atoms with Gasteiger partial charge in [-0.2, -0.15) is 0 Å². The Morgan fingerprint density at radius 2 is 2.08 bits per heavy atom. The van der Waals surface area contributed by atoms with Gasteiger partial charge in [0.25, 0.3) is 5.91 Å². The molecule has 1 aromatic heterocycles. The van der Waals surface area contributed by atoms with Crippen LogP contribution in [0.2, 0.25) is 0 Å². The van der Waals surface area contributed by atoms with Gasteiger partial charge in [0.15, 0.2) is 0 Å². The standard InChI is InChI=1S/C19H26N4O2/c1-5-13(2)21-19-22-14(3)11-17(23-19)18(24)20-10-9-15-7-6-8-16(12-15)25-4/h6-8,11-13H,5,9-10H2,1-4H3,(H,20,24)(H,21,22,23). The van der Waals surface area contributed by atoms with Crippen LogP contribution in [-0.4, -0.2) is 35.6 Å². The van der Waals surface area contributed by atoms with Crippen molar-refractivity contribution in [2.45, 2.75) is 39.7 Å². The second kappa shape index (κ2) is 9.01. The number of anilines is 1. The summed E-state index contributed by atoms with van der Waals surface area (Å²) in [6, 6.07) is 9.77. The molecule has 0 aliphatic heterocycles. The van der Waals surface area contributed by atoms with Crippen LogP contribution >= 0.6 is 0 Å². The van der Waals surface area contributed by atoms with E-state index < -0.39 is 0 Å². The van der Waals surface area contributed by atoms with E-state index in [-0.39, 0.29) is 11.9 Å². The lowest BCUT2D eigenvalue weighted by atomic mass is 10.1. The van der Waals surface area contributed by atoms with Crippen molar-refractivity contribution in [1.29, 1.82) is 0 Å². The fraction of sp³-hybridized carbons (Fsp3) is 0.421. The Labute approximate surface area is 149 Å². The van der Waals surface area contributed by atoms with Gasteiger partial charge in [0.1, 0.15) is 11.4 Å². The summed E-state index contributed by atoms with van der Waals surface area (Å²) in [5.41, 5.74) is 2.25. The van der Waals surface area contributed by atoms with Crippen LogP contribution in [0.25, 0.3) is 0 Å². The fourth-order valence-corrected chi connectivity index (χ4v) is 2.31. The van der Waals surface area contributed by atoms with Gasteiger partial charge in [-0.1, -0.05) is 19.1 Å². The number of hydrogen-bond acceptors (Lipinski definition) is 5. The Hall–Kier alpha value is -2.63. The van der Waals surface area contributed by atoms with Crippen LogP contribution in [0.3, 0.4) is 0 Å². The third kappa shape index (κ3) is 5.74. The quantitative estimate of drug-likeness (QED) is 0.771. The Bertz CT molecular complexity index is 718. The van der Waals surface area contributed by atoms with E-state index in [4.69, 9.17) is 4.74 Å². The third-order valence-electron chi connectivity index (χ3n) is 3.91. The number of carbonyl (C=O) groups excluding carboxylic acids is 1. The summed E-state index contributed by atoms with van der Waals surface area (Å²) in [7, 11) is 1.64. The molecule has 1 amide bonds. The summed E-state index contributed by atoms with van der Waals surface area (Å²) < 4.78 is 5.21. The van der Waals surface area contributed by atoms with Crippen molar-refractivity contribution >= 4 is 11.9 Å². The number of rotatable bonds is 8. The van der Waals surface area contributed by atoms with Gasteiger partial charge < -0.3 is 15.4 Å². The van der Waals surface area contributed by atoms with Gasteiger partial charge in [-0.25, -0.2) is 9.97 Å². The van der Waals surface area contributed by atoms with Crippen LogP contribution in [-0.2, 0) is 6.42 Å². The monoisotopic (exact) mass is 342 g/mol. The van der Waals surface area contributed by atoms with E-state index in [2.05, 4.69) is 34.4 Å². The van der Waals surface area contributed by atoms with Crippen molar-refractivity contribution in [3.8, 4) is 5.75 Å². The Morgan fingerprint density at radius 3 is 2.80 bits per heavy atom. The molecule has 134 valence electrons. The summed E-state index contributed by atoms with van der Waals surface area (Å²) in [5.74, 6) is 1.11. The number of hydrogen-bond donors (Lipinski definition) is 2. The lowest BCUT2D eigenvalue weighted by Crippen LogP contribution is -2.27. The highest BCUT2D eigenvalue weighted by Gasteiger charge is 2.11. The number of nitrogens with zero attached hydrogens (tertiary/aromatic N) is 2. The predicted octanol–water partition coefficient (Wildman–Crippen LogP) is 2.98. The second-order valence-corrected chi connectivity index (χ2v) is 6.03. The molecule has 1 unspecified atom stereocenters. The summed E-state index contributed by atoms with van der Waals surface area (Å²) >= 11 is 0. The lowest BCUT2D eigenvalue weighted by molar-refractivity contribution is 0.0949. The fourth-order valence-electron chi connectivity index (χ4n) is 2.31. The van der Waals surface area contributed by atoms with Crippen molar-refractivity contribution in [3.63, 3.8) is 0 Å². The molecule has 1 heterocycles. The van der Waals surface area contributed by atoms with Gasteiger partial charge in [-0.3, -0.25) is 4.79 Å². The van der Waals surface area contributed by atoms with E-state index >= 15 is 0 Å². The van der Waals surface area contributed by atoms with Crippen LogP contribution in [0.15, 0.2) is 30.3 Å². The number of carbonyl (C=O) groups is 1. The highest BCUT2D eigenvalue weighted by atomic mass is 16.5. The first-order valence-corrected chi connectivity index (χ1v) is 8.55. The van der Waals surface area contributed by atoms with Crippen molar-refractivity contribution in [1.82, 2.24) is 15.3 Å². The molecule has 0 radical (unpaired) electrons. The molecule has 0 saturated carbocycles. The number of methoxy groups -OCH3 is 1. The molecule has 2 N–H and O–H groups in total. The minimum absolute atomic E-state index is 0.194. The highest BCUT2D eigenvalue weighted by molar-refractivity contribution is 5.92. The maximum Gasteiger partial charge on any atom is 0.270 e. The minimum Gasteiger partial charge on any atom is -0.497 e. The van der Waals surface area contributed by atoms with Gasteiger partial charge in [0.2, 0.25) is 5.95 Å². The second-order valence-electron chi connectivity index (χ2n) is 6.03. The van der Waals surface area contributed by atoms with E-state index in [1.807, 2.05) is 31.2 Å². The van der Waals surface area contributed by atoms with Gasteiger partial charge in [-0.15, -0.1) is 0 Å². The third-order valence-corrected chi connectivity index (χ3v) is 3.91. The largest absolute Gasteiger partial charge is 0.497 e. The zero-order valence-corrected chi connectivity index (χ0v) is 15.3. The molecule has 0 aliphatic rings. The molecular formula is C19H26N4O2. The van der Waals surface area contributed by atoms with Gasteiger partial charge in [0, 0.05) is 18.3 Å². The smallest absolute Gasteiger partial charge is 0.270 e. The molecule has 0 bridgehead atoms. The molecule has 2 aromatic rings. The summed E-state index contributed by atoms with van der Waals surface area (Å²) in [4.78, 5) is 21.0. The number of amides is 1. The van der Waals surface area contributed by atoms with E-state index in [1.165, 1.54) is 0 Å². The maximum absolute atomic E-state index is 12.4. The summed E-state index contributed by atoms with van der Waals surface area (Å²) in [5, 5.41) is 6.11. The average molecular weight is 342 g/mol. The zero-order chi connectivity index (χ0) is 18.2. The van der Waals surface area contributed by atoms with Gasteiger partial charge >= 0.3 is 0 Å². The van der Waals surface area contributed by atoms with E-state index in [0.717, 1.165) is 29.8 Å². The van der Waals surface area contributed by atoms with Crippen LogP contribution in [0.4, 0.5) is 5.95 Å². The SMILES string of the molecule is CCC(C)Nc1nc(C)cc(C(=O)NCCc2cccc(OC)c2)n1. The number of aryl methyl sites for hydroxylation is 1. The van der Waals surface area contributed by atoms with Crippen molar-refractivity contribution in [3.05, 3.63) is 47.3 Å². The molecule has 1 atom stereocenters. The molecular weight excluding hydrogens is 316 g/mol. The Balaban J connectivity index is 1.95. The maximum atomic E-state index is 12.4. The minimum atomic E-state index is -0.194. The molecule has 1 aromatic carbocycles. The predicted molar refractivity (Wildman–Crippen MR) is 99.2 cm³/mol. The number of nitrogens with one attached hydrogen (secondary N) is 2. The van der Waals surface area contributed by atoms with Crippen LogP contribution in [0.1, 0.15) is 42.0 Å². The van der Waals surface area contributed by atoms with Crippen molar-refractivity contribution < 1.29 is 9.53 Å². The van der Waals surface area contributed by atoms with Crippen LogP contribution in [0, 0.1) is 6.92 Å². The lowest BCUT2D eigenvalue weighted by Gasteiger charge is -2.13. The Morgan fingerprint density at radius 1 is 1.28 bits per heavy atom. The summed E-state index contributed by atoms with van der Waals surface area (Å²) in [6.07, 6.45) is 1.68. The number of benzene rings is 1. The molecule has 0 aliphatic carbocycles. The Kier molecular flexibility index (Phi) is 6.74. The highest BCUT2D eigenvalue weighted by Crippen LogP contribution is 2.12. The van der Waals surface area contributed by atoms with Crippen molar-refractivity contribution in [2.24, 2.45) is 0 Å². The van der Waals surface area contributed by atoms with E-state index in [9.17, 15) is 4.79 Å². The van der Waals surface area contributed by atoms with E-state index in [1.54, 1.807) is 13.2 Å². The summed E-state index contributed by atoms with van der Waals surface area (Å²) in [6.45, 7) is 6.53. The molecule has 25 heavy (non-hydrogen) atoms. The van der Waals surface area contributed by atoms with Gasteiger partial charge in [0.05, 0.1) is 7.11 Å². The first-order valence-electron chi connectivity index (χ1n) is 8.55. The van der Waals surface area contributed by atoms with Crippen molar-refractivity contribution in [2.75, 3.05) is 19.0 Å². The molecule has 0 fully saturated rings. The first-order chi connectivity index (χ1) is 12.0. The van der Waals surface area contributed by atoms with Crippen LogP contribution < -0.4 is 15.4 Å². The molecule has 0 spiro atoms. The average Bonchev–Trinajstić information content (AvgIpc) is 2.61. The first kappa shape index (κ1) is 18.7. The number of aromatic nitrogens is 2. The molecule has 6 heteroatoms. The van der Waals surface area contributed by atoms with E-state index in [0.29, 0.717) is 18.2 Å². The number of ether oxygens (including phenoxy) is 1. The zero-order valence-electron chi connectivity index (χ0n) is 15.3. The van der Waals surface area contributed by atoms with Crippen LogP contribution in [0.5, 0.6) is 5.75 Å².